The number of rotatable bonds is 0. The summed E-state index contributed by atoms with van der Waals surface area (Å²) >= 11 is 0. The summed E-state index contributed by atoms with van der Waals surface area (Å²) in [5.74, 6) is 0. The van der Waals surface area contributed by atoms with Crippen LogP contribution in [0.2, 0.25) is 0 Å². The molecule has 0 nitrogen and oxygen atoms in total. The van der Waals surface area contributed by atoms with Crippen LogP contribution in [0, 0.1) is 0 Å². The summed E-state index contributed by atoms with van der Waals surface area (Å²) in [7, 11) is 0.998. The molecule has 7 heteroatoms. The van der Waals surface area contributed by atoms with Crippen molar-refractivity contribution >= 4 is 13.3 Å². The summed E-state index contributed by atoms with van der Waals surface area (Å²) in [6.45, 7) is 0. The Bertz CT molecular complexity index is 364. The van der Waals surface area contributed by atoms with Crippen molar-refractivity contribution in [2.45, 2.75) is 12.4 Å². The average Bonchev–Trinajstić information content (AvgIpc) is 1.99. The molecule has 0 aliphatic rings. The van der Waals surface area contributed by atoms with Gasteiger partial charge in [0.15, 0.2) is 0 Å². The highest BCUT2D eigenvalue weighted by molar-refractivity contribution is 6.33. The SMILES string of the molecule is Bc1cccc(C(F)(F)F)c1C(F)(F)F. The molecule has 0 spiro atoms. The Labute approximate surface area is 82.3 Å². The molecule has 0 aromatic heterocycles. The summed E-state index contributed by atoms with van der Waals surface area (Å²) in [6, 6.07) is 2.38. The maximum Gasteiger partial charge on any atom is 0.416 e. The molecule has 0 saturated carbocycles. The molecule has 0 unspecified atom stereocenters. The summed E-state index contributed by atoms with van der Waals surface area (Å²) in [6.07, 6.45) is -9.98. The first-order chi connectivity index (χ1) is 6.64. The van der Waals surface area contributed by atoms with Gasteiger partial charge in [-0.25, -0.2) is 0 Å². The van der Waals surface area contributed by atoms with Crippen LogP contribution in [0.5, 0.6) is 0 Å². The van der Waals surface area contributed by atoms with Crippen LogP contribution in [0.1, 0.15) is 11.1 Å². The first-order valence-corrected chi connectivity index (χ1v) is 3.88. The van der Waals surface area contributed by atoms with Gasteiger partial charge < -0.3 is 0 Å². The van der Waals surface area contributed by atoms with E-state index in [0.717, 1.165) is 20.0 Å². The molecule has 0 atom stereocenters. The quantitative estimate of drug-likeness (QED) is 0.468. The van der Waals surface area contributed by atoms with E-state index in [9.17, 15) is 26.3 Å². The zero-order valence-electron chi connectivity index (χ0n) is 7.50. The standard InChI is InChI=1S/C8H5BF6/c9-5-3-1-2-4(7(10,11)12)6(5)8(13,14)15/h1-3H,9H2. The summed E-state index contributed by atoms with van der Waals surface area (Å²) in [5, 5.41) is 0. The van der Waals surface area contributed by atoms with Crippen LogP contribution in [0.3, 0.4) is 0 Å². The Morgan fingerprint density at radius 2 is 1.40 bits per heavy atom. The van der Waals surface area contributed by atoms with Crippen LogP contribution in [-0.4, -0.2) is 7.85 Å². The van der Waals surface area contributed by atoms with Crippen molar-refractivity contribution < 1.29 is 26.3 Å². The predicted octanol–water partition coefficient (Wildman–Crippen LogP) is 1.98. The van der Waals surface area contributed by atoms with E-state index in [-0.39, 0.29) is 0 Å². The second kappa shape index (κ2) is 3.46. The molecule has 0 fully saturated rings. The highest BCUT2D eigenvalue weighted by atomic mass is 19.4. The van der Waals surface area contributed by atoms with Crippen LogP contribution < -0.4 is 5.46 Å². The van der Waals surface area contributed by atoms with Crippen molar-refractivity contribution in [2.24, 2.45) is 0 Å². The number of alkyl halides is 6. The Hall–Kier alpha value is -1.14. The van der Waals surface area contributed by atoms with E-state index in [1.807, 2.05) is 0 Å². The zero-order chi connectivity index (χ0) is 11.9. The molecule has 0 heterocycles. The lowest BCUT2D eigenvalue weighted by molar-refractivity contribution is -0.161. The van der Waals surface area contributed by atoms with Crippen LogP contribution in [-0.2, 0) is 12.4 Å². The van der Waals surface area contributed by atoms with Gasteiger partial charge in [0, 0.05) is 0 Å². The van der Waals surface area contributed by atoms with Crippen LogP contribution in [0.25, 0.3) is 0 Å². The van der Waals surface area contributed by atoms with E-state index in [4.69, 9.17) is 0 Å². The summed E-state index contributed by atoms with van der Waals surface area (Å²) < 4.78 is 73.8. The molecule has 15 heavy (non-hydrogen) atoms. The van der Waals surface area contributed by atoms with Crippen LogP contribution in [0.15, 0.2) is 18.2 Å². The number of hydrogen-bond acceptors (Lipinski definition) is 0. The van der Waals surface area contributed by atoms with Gasteiger partial charge in [0.05, 0.1) is 11.1 Å². The third-order valence-corrected chi connectivity index (χ3v) is 1.86. The molecule has 1 rings (SSSR count). The van der Waals surface area contributed by atoms with E-state index in [1.165, 1.54) is 0 Å². The molecule has 0 aliphatic heterocycles. The van der Waals surface area contributed by atoms with Crippen molar-refractivity contribution in [1.82, 2.24) is 0 Å². The minimum Gasteiger partial charge on any atom is -0.166 e. The fourth-order valence-electron chi connectivity index (χ4n) is 1.28. The van der Waals surface area contributed by atoms with Gasteiger partial charge in [-0.1, -0.05) is 17.6 Å². The lowest BCUT2D eigenvalue weighted by Crippen LogP contribution is -2.26. The molecule has 0 N–H and O–H groups in total. The molecule has 1 aromatic carbocycles. The van der Waals surface area contributed by atoms with Gasteiger partial charge in [-0.2, -0.15) is 26.3 Å². The van der Waals surface area contributed by atoms with Gasteiger partial charge in [0.2, 0.25) is 0 Å². The van der Waals surface area contributed by atoms with Crippen molar-refractivity contribution in [3.63, 3.8) is 0 Å². The lowest BCUT2D eigenvalue weighted by Gasteiger charge is -2.17. The largest absolute Gasteiger partial charge is 0.416 e. The fourth-order valence-corrected chi connectivity index (χ4v) is 1.28. The molecular formula is C8H5BF6. The van der Waals surface area contributed by atoms with E-state index >= 15 is 0 Å². The second-order valence-corrected chi connectivity index (χ2v) is 2.99. The molecular weight excluding hydrogens is 221 g/mol. The van der Waals surface area contributed by atoms with E-state index in [1.54, 1.807) is 0 Å². The number of benzene rings is 1. The first kappa shape index (κ1) is 11.9. The highest BCUT2D eigenvalue weighted by Gasteiger charge is 2.43. The molecule has 82 valence electrons. The van der Waals surface area contributed by atoms with Crippen molar-refractivity contribution in [3.05, 3.63) is 29.3 Å². The highest BCUT2D eigenvalue weighted by Crippen LogP contribution is 2.38. The van der Waals surface area contributed by atoms with Gasteiger partial charge >= 0.3 is 12.4 Å². The maximum absolute atomic E-state index is 12.3. The van der Waals surface area contributed by atoms with Gasteiger partial charge in [0.25, 0.3) is 0 Å². The topological polar surface area (TPSA) is 0 Å². The van der Waals surface area contributed by atoms with E-state index in [2.05, 4.69) is 0 Å². The lowest BCUT2D eigenvalue weighted by atomic mass is 9.87. The van der Waals surface area contributed by atoms with Crippen LogP contribution in [0.4, 0.5) is 26.3 Å². The average molecular weight is 226 g/mol. The maximum atomic E-state index is 12.3. The number of hydrogen-bond donors (Lipinski definition) is 0. The van der Waals surface area contributed by atoms with Gasteiger partial charge in [-0.05, 0) is 6.07 Å². The van der Waals surface area contributed by atoms with Crippen molar-refractivity contribution in [2.75, 3.05) is 0 Å². The van der Waals surface area contributed by atoms with E-state index in [0.29, 0.717) is 6.07 Å². The second-order valence-electron chi connectivity index (χ2n) is 2.99. The Morgan fingerprint density at radius 1 is 0.867 bits per heavy atom. The third kappa shape index (κ3) is 2.46. The Morgan fingerprint density at radius 3 is 1.73 bits per heavy atom. The van der Waals surface area contributed by atoms with Gasteiger partial charge in [0.1, 0.15) is 7.85 Å². The van der Waals surface area contributed by atoms with Crippen molar-refractivity contribution in [3.8, 4) is 0 Å². The minimum absolute atomic E-state index is 0.426. The van der Waals surface area contributed by atoms with E-state index < -0.39 is 28.9 Å². The number of halogens is 6. The predicted molar refractivity (Wildman–Crippen MR) is 44.6 cm³/mol. The Kier molecular flexibility index (Phi) is 2.76. The smallest absolute Gasteiger partial charge is 0.166 e. The molecule has 0 radical (unpaired) electrons. The molecule has 0 saturated heterocycles. The zero-order valence-corrected chi connectivity index (χ0v) is 7.50. The molecule has 0 bridgehead atoms. The molecule has 1 aromatic rings. The van der Waals surface area contributed by atoms with Crippen LogP contribution >= 0.6 is 0 Å². The summed E-state index contributed by atoms with van der Waals surface area (Å²) in [4.78, 5) is 0. The molecule has 0 aliphatic carbocycles. The minimum atomic E-state index is -4.99. The third-order valence-electron chi connectivity index (χ3n) is 1.86. The monoisotopic (exact) mass is 226 g/mol. The van der Waals surface area contributed by atoms with Gasteiger partial charge in [-0.15, -0.1) is 0 Å². The first-order valence-electron chi connectivity index (χ1n) is 3.88. The normalized spacial score (nSPS) is 12.9. The molecule has 0 amide bonds. The van der Waals surface area contributed by atoms with Crippen molar-refractivity contribution in [1.29, 1.82) is 0 Å². The fraction of sp³-hybridized carbons (Fsp3) is 0.250. The summed E-state index contributed by atoms with van der Waals surface area (Å²) in [5.41, 5.74) is -3.69. The Balaban J connectivity index is 3.48. The van der Waals surface area contributed by atoms with Gasteiger partial charge in [-0.3, -0.25) is 0 Å².